The van der Waals surface area contributed by atoms with Crippen LogP contribution in [0, 0.1) is 5.41 Å². The summed E-state index contributed by atoms with van der Waals surface area (Å²) in [5.74, 6) is 0. The Kier molecular flexibility index (Phi) is 10.1. The molecule has 4 aliphatic carbocycles. The predicted molar refractivity (Wildman–Crippen MR) is 211 cm³/mol. The average Bonchev–Trinajstić information content (AvgIpc) is 3.81. The maximum atomic E-state index is 6.50. The minimum atomic E-state index is -3.96. The van der Waals surface area contributed by atoms with Crippen LogP contribution in [0.15, 0.2) is 106 Å². The van der Waals surface area contributed by atoms with Gasteiger partial charge in [-0.1, -0.05) is 0 Å². The molecule has 51 heavy (non-hydrogen) atoms. The van der Waals surface area contributed by atoms with Crippen molar-refractivity contribution >= 4 is 42.8 Å². The topological polar surface area (TPSA) is 0 Å². The molecule has 4 aliphatic rings. The molecule has 0 fully saturated rings. The van der Waals surface area contributed by atoms with Crippen LogP contribution in [-0.2, 0) is 30.1 Å². The van der Waals surface area contributed by atoms with Gasteiger partial charge in [-0.05, 0) is 0 Å². The maximum absolute atomic E-state index is 6.50. The van der Waals surface area contributed by atoms with Gasteiger partial charge in [0.25, 0.3) is 0 Å². The first-order valence-electron chi connectivity index (χ1n) is 17.6. The largest absolute Gasteiger partial charge is 1.00 e. The number of rotatable bonds is 4. The minimum absolute atomic E-state index is 0. The number of hydrogen-bond donors (Lipinski definition) is 0. The molecule has 0 spiro atoms. The van der Waals surface area contributed by atoms with Crippen molar-refractivity contribution in [1.82, 2.24) is 0 Å². The first-order chi connectivity index (χ1) is 23.1. The van der Waals surface area contributed by atoms with Crippen LogP contribution in [0.4, 0.5) is 0 Å². The van der Waals surface area contributed by atoms with Crippen LogP contribution in [0.5, 0.6) is 0 Å². The van der Waals surface area contributed by atoms with E-state index in [1.165, 1.54) is 61.2 Å². The predicted octanol–water partition coefficient (Wildman–Crippen LogP) is 6.80. The van der Waals surface area contributed by atoms with Crippen molar-refractivity contribution in [3.05, 3.63) is 161 Å². The van der Waals surface area contributed by atoms with Gasteiger partial charge in [0.15, 0.2) is 0 Å². The molecule has 4 aromatic carbocycles. The fourth-order valence-electron chi connectivity index (χ4n) is 8.66. The van der Waals surface area contributed by atoms with Crippen LogP contribution < -0.4 is 24.8 Å². The molecule has 260 valence electrons. The van der Waals surface area contributed by atoms with Crippen molar-refractivity contribution in [3.63, 3.8) is 0 Å². The summed E-state index contributed by atoms with van der Waals surface area (Å²) in [6.45, 7) is 16.5. The summed E-state index contributed by atoms with van der Waals surface area (Å²) < 4.78 is 7.33. The number of allylic oxidation sites excluding steroid dienone is 6. The Morgan fingerprint density at radius 3 is 1.49 bits per heavy atom. The summed E-state index contributed by atoms with van der Waals surface area (Å²) in [4.78, 5) is 0. The monoisotopic (exact) mass is 826 g/mol. The first kappa shape index (κ1) is 38.4. The van der Waals surface area contributed by atoms with Gasteiger partial charge in [0, 0.05) is 0 Å². The third-order valence-corrected chi connectivity index (χ3v) is 23.4. The standard InChI is InChI=1S/C23H21.C9H13.2C7H5Cl.2ClH.Zr/c1-22(2)7-5-14-10-18-16(12-20(14)22)9-17-13-21-15(11-19(17)18)6-8-23(21,3)4;1-9(2,3)8-6-4-5-7-8;2*1-6-2-4-7(8)5-3-6;;;/h5-13H,1-4H3;6-7H,4H2,1-3H3;2*1-5H;2*1H;/q;;;;;;+2/p-2. The van der Waals surface area contributed by atoms with Crippen LogP contribution in [0.25, 0.3) is 23.3 Å². The number of hydrogen-bond acceptors (Lipinski definition) is 0. The quantitative estimate of drug-likeness (QED) is 0.213. The van der Waals surface area contributed by atoms with Crippen molar-refractivity contribution in [1.29, 1.82) is 0 Å². The van der Waals surface area contributed by atoms with Crippen molar-refractivity contribution in [2.24, 2.45) is 5.41 Å². The third kappa shape index (κ3) is 6.59. The molecule has 0 aromatic heterocycles. The molecule has 4 aromatic rings. The molecule has 0 aliphatic heterocycles. The Morgan fingerprint density at radius 1 is 0.667 bits per heavy atom. The van der Waals surface area contributed by atoms with E-state index >= 15 is 0 Å². The van der Waals surface area contributed by atoms with Crippen molar-refractivity contribution < 1.29 is 44.1 Å². The molecule has 0 unspecified atom stereocenters. The Labute approximate surface area is 330 Å². The summed E-state index contributed by atoms with van der Waals surface area (Å²) in [6.07, 6.45) is 15.5. The van der Waals surface area contributed by atoms with Crippen LogP contribution in [0.1, 0.15) is 103 Å². The van der Waals surface area contributed by atoms with Gasteiger partial charge < -0.3 is 24.8 Å². The molecule has 0 saturated heterocycles. The molecular formula is C46H44Cl4Zr. The molecule has 0 radical (unpaired) electrons. The molecule has 0 saturated carbocycles. The number of benzene rings is 4. The van der Waals surface area contributed by atoms with E-state index in [2.05, 4.69) is 141 Å². The van der Waals surface area contributed by atoms with Crippen LogP contribution in [0.2, 0.25) is 10.0 Å². The van der Waals surface area contributed by atoms with Crippen LogP contribution in [0.3, 0.4) is 0 Å². The van der Waals surface area contributed by atoms with E-state index in [0.29, 0.717) is 0 Å². The Morgan fingerprint density at radius 2 is 1.10 bits per heavy atom. The molecule has 8 rings (SSSR count). The number of halogens is 4. The second-order valence-electron chi connectivity index (χ2n) is 16.7. The third-order valence-electron chi connectivity index (χ3n) is 11.4. The van der Waals surface area contributed by atoms with Gasteiger partial charge >= 0.3 is 308 Å². The summed E-state index contributed by atoms with van der Waals surface area (Å²) in [5, 5.41) is 1.53. The zero-order chi connectivity index (χ0) is 34.5. The smallest absolute Gasteiger partial charge is 1.00 e. The minimum Gasteiger partial charge on any atom is -1.00 e. The van der Waals surface area contributed by atoms with E-state index in [1.54, 1.807) is 3.28 Å². The molecular weight excluding hydrogens is 786 g/mol. The van der Waals surface area contributed by atoms with Gasteiger partial charge in [-0.2, -0.15) is 0 Å². The summed E-state index contributed by atoms with van der Waals surface area (Å²) in [6, 6.07) is 27.3. The van der Waals surface area contributed by atoms with E-state index in [4.69, 9.17) is 23.2 Å². The SMILES string of the molecule is CC(C)(C)C1=CC[C]([Zr+2](=[CH]c2ccc(Cl)cc2)(=[CH]c2ccc(Cl)cc2)[CH]2c3cc4c(cc3-c3cc5c(cc32)C(C)(C)C=C5)C=CC4(C)C)=C1.[Cl-].[Cl-]. The second-order valence-corrected chi connectivity index (χ2v) is 26.6. The molecule has 0 N–H and O–H groups in total. The Hall–Kier alpha value is -2.38. The molecule has 0 nitrogen and oxygen atoms in total. The number of fused-ring (bicyclic) bond motifs is 5. The van der Waals surface area contributed by atoms with Gasteiger partial charge in [0.05, 0.1) is 0 Å². The molecule has 0 heterocycles. The fraction of sp³-hybridized carbons (Fsp3) is 0.261. The van der Waals surface area contributed by atoms with Gasteiger partial charge in [0.1, 0.15) is 0 Å². The van der Waals surface area contributed by atoms with Crippen LogP contribution in [-0.4, -0.2) is 7.42 Å². The van der Waals surface area contributed by atoms with Gasteiger partial charge in [-0.25, -0.2) is 0 Å². The molecule has 0 atom stereocenters. The average molecular weight is 830 g/mol. The second kappa shape index (κ2) is 13.5. The molecule has 5 heteroatoms. The molecule has 0 amide bonds. The zero-order valence-corrected chi connectivity index (χ0v) is 35.8. The first-order valence-corrected chi connectivity index (χ1v) is 23.8. The van der Waals surface area contributed by atoms with Crippen molar-refractivity contribution in [3.8, 4) is 11.1 Å². The molecule has 0 bridgehead atoms. The van der Waals surface area contributed by atoms with Gasteiger partial charge in [0.2, 0.25) is 0 Å². The summed E-state index contributed by atoms with van der Waals surface area (Å²) >= 11 is 9.03. The van der Waals surface area contributed by atoms with Gasteiger partial charge in [-0.3, -0.25) is 0 Å². The van der Waals surface area contributed by atoms with E-state index in [9.17, 15) is 0 Å². The van der Waals surface area contributed by atoms with E-state index in [1.807, 2.05) is 24.3 Å². The zero-order valence-electron chi connectivity index (χ0n) is 30.3. The van der Waals surface area contributed by atoms with Crippen LogP contribution >= 0.6 is 23.2 Å². The van der Waals surface area contributed by atoms with E-state index in [-0.39, 0.29) is 44.7 Å². The fourth-order valence-corrected chi connectivity index (χ4v) is 21.2. The van der Waals surface area contributed by atoms with Gasteiger partial charge in [-0.15, -0.1) is 0 Å². The van der Waals surface area contributed by atoms with E-state index in [0.717, 1.165) is 16.5 Å². The summed E-state index contributed by atoms with van der Waals surface area (Å²) in [7, 11) is 0. The normalized spacial score (nSPS) is 16.8. The van der Waals surface area contributed by atoms with Crippen molar-refractivity contribution in [2.75, 3.05) is 0 Å². The maximum Gasteiger partial charge on any atom is -1.00 e. The van der Waals surface area contributed by atoms with E-state index < -0.39 is 19.3 Å². The Bertz CT molecular complexity index is 2180. The van der Waals surface area contributed by atoms with Crippen molar-refractivity contribution in [2.45, 2.75) is 69.3 Å². The summed E-state index contributed by atoms with van der Waals surface area (Å²) in [5.41, 5.74) is 15.3. The Balaban J connectivity index is 0.00000224.